The maximum Gasteiger partial charge on any atom is 0.315 e. The number of carboxylic acid groups (broad SMARTS) is 1. The lowest BCUT2D eigenvalue weighted by Crippen LogP contribution is -2.47. The molecule has 0 fully saturated rings. The van der Waals surface area contributed by atoms with Gasteiger partial charge in [0.2, 0.25) is 5.91 Å². The Balaban J connectivity index is 3.65. The highest BCUT2D eigenvalue weighted by Gasteiger charge is 2.11. The Kier molecular flexibility index (Phi) is 5.05. The van der Waals surface area contributed by atoms with E-state index < -0.39 is 23.9 Å². The molecule has 3 amide bonds. The van der Waals surface area contributed by atoms with Crippen molar-refractivity contribution in [2.45, 2.75) is 19.4 Å². The van der Waals surface area contributed by atoms with Crippen molar-refractivity contribution < 1.29 is 19.5 Å². The van der Waals surface area contributed by atoms with E-state index in [2.05, 4.69) is 10.6 Å². The molecule has 0 aliphatic rings. The summed E-state index contributed by atoms with van der Waals surface area (Å²) in [5.74, 6) is -1.66. The number of nitrogens with one attached hydrogen (secondary N) is 2. The van der Waals surface area contributed by atoms with Crippen LogP contribution in [0.5, 0.6) is 0 Å². The minimum Gasteiger partial charge on any atom is -0.481 e. The van der Waals surface area contributed by atoms with Gasteiger partial charge in [-0.3, -0.25) is 9.59 Å². The zero-order valence-corrected chi connectivity index (χ0v) is 7.74. The van der Waals surface area contributed by atoms with Crippen LogP contribution >= 0.6 is 0 Å². The van der Waals surface area contributed by atoms with Crippen LogP contribution in [0.3, 0.4) is 0 Å². The van der Waals surface area contributed by atoms with Gasteiger partial charge < -0.3 is 21.5 Å². The Bertz CT molecular complexity index is 241. The topological polar surface area (TPSA) is 122 Å². The number of carbonyl (C=O) groups is 3. The summed E-state index contributed by atoms with van der Waals surface area (Å²) in [6, 6.07) is -1.39. The van der Waals surface area contributed by atoms with E-state index >= 15 is 0 Å². The number of hydrogen-bond donors (Lipinski definition) is 4. The van der Waals surface area contributed by atoms with Crippen LogP contribution in [0.1, 0.15) is 13.3 Å². The van der Waals surface area contributed by atoms with Crippen molar-refractivity contribution in [2.24, 2.45) is 5.73 Å². The molecule has 80 valence electrons. The van der Waals surface area contributed by atoms with Gasteiger partial charge in [-0.1, -0.05) is 0 Å². The lowest BCUT2D eigenvalue weighted by molar-refractivity contribution is -0.136. The molecule has 1 unspecified atom stereocenters. The average molecular weight is 203 g/mol. The molecule has 0 radical (unpaired) electrons. The number of hydrogen-bond acceptors (Lipinski definition) is 3. The second-order valence-electron chi connectivity index (χ2n) is 2.67. The fraction of sp³-hybridized carbons (Fsp3) is 0.571. The van der Waals surface area contributed by atoms with Crippen molar-refractivity contribution in [1.82, 2.24) is 10.6 Å². The number of urea groups is 1. The Morgan fingerprint density at radius 1 is 1.43 bits per heavy atom. The van der Waals surface area contributed by atoms with Crippen LogP contribution in [0, 0.1) is 0 Å². The zero-order valence-electron chi connectivity index (χ0n) is 7.74. The van der Waals surface area contributed by atoms with Crippen molar-refractivity contribution in [2.75, 3.05) is 6.54 Å². The molecular weight excluding hydrogens is 190 g/mol. The molecule has 5 N–H and O–H groups in total. The summed E-state index contributed by atoms with van der Waals surface area (Å²) in [6.45, 7) is 1.44. The van der Waals surface area contributed by atoms with Crippen LogP contribution < -0.4 is 16.4 Å². The largest absolute Gasteiger partial charge is 0.481 e. The smallest absolute Gasteiger partial charge is 0.315 e. The number of carboxylic acids is 1. The third kappa shape index (κ3) is 5.81. The maximum absolute atomic E-state index is 10.9. The van der Waals surface area contributed by atoms with E-state index in [0.717, 1.165) is 0 Å². The number of amides is 3. The standard InChI is InChI=1S/C7H13N3O4/c1-4(6(8)13)10-7(14)9-3-2-5(11)12/h4H,2-3H2,1H3,(H2,8,13)(H,11,12)(H2,9,10,14). The van der Waals surface area contributed by atoms with Gasteiger partial charge >= 0.3 is 12.0 Å². The van der Waals surface area contributed by atoms with Gasteiger partial charge in [0.1, 0.15) is 6.04 Å². The average Bonchev–Trinajstić information content (AvgIpc) is 2.02. The SMILES string of the molecule is CC(NC(=O)NCCC(=O)O)C(N)=O. The normalized spacial score (nSPS) is 11.5. The van der Waals surface area contributed by atoms with Gasteiger partial charge in [-0.2, -0.15) is 0 Å². The van der Waals surface area contributed by atoms with Gasteiger partial charge in [0, 0.05) is 6.54 Å². The Morgan fingerprint density at radius 2 is 2.00 bits per heavy atom. The molecule has 0 aliphatic carbocycles. The summed E-state index contributed by atoms with van der Waals surface area (Å²) in [5.41, 5.74) is 4.89. The van der Waals surface area contributed by atoms with Crippen LogP contribution in [0.2, 0.25) is 0 Å². The lowest BCUT2D eigenvalue weighted by atomic mass is 10.3. The van der Waals surface area contributed by atoms with E-state index in [1.807, 2.05) is 0 Å². The van der Waals surface area contributed by atoms with Crippen LogP contribution in [-0.4, -0.2) is 35.6 Å². The van der Waals surface area contributed by atoms with E-state index in [1.165, 1.54) is 6.92 Å². The van der Waals surface area contributed by atoms with Crippen molar-refractivity contribution in [1.29, 1.82) is 0 Å². The number of carbonyl (C=O) groups excluding carboxylic acids is 2. The summed E-state index contributed by atoms with van der Waals surface area (Å²) < 4.78 is 0. The molecule has 7 heteroatoms. The number of nitrogens with two attached hydrogens (primary N) is 1. The van der Waals surface area contributed by atoms with Crippen LogP contribution in [-0.2, 0) is 9.59 Å². The number of primary amides is 1. The third-order valence-electron chi connectivity index (χ3n) is 1.40. The molecular formula is C7H13N3O4. The van der Waals surface area contributed by atoms with Crippen molar-refractivity contribution >= 4 is 17.9 Å². The molecule has 0 saturated heterocycles. The van der Waals surface area contributed by atoms with Crippen LogP contribution in [0.15, 0.2) is 0 Å². The summed E-state index contributed by atoms with van der Waals surface area (Å²) in [4.78, 5) is 31.5. The molecule has 0 rings (SSSR count). The first-order chi connectivity index (χ1) is 6.43. The second kappa shape index (κ2) is 5.79. The Morgan fingerprint density at radius 3 is 2.43 bits per heavy atom. The minimum atomic E-state index is -1.01. The van der Waals surface area contributed by atoms with Gasteiger partial charge in [0.25, 0.3) is 0 Å². The summed E-state index contributed by atoms with van der Waals surface area (Å²) in [5, 5.41) is 12.7. The fourth-order valence-corrected chi connectivity index (χ4v) is 0.602. The number of aliphatic carboxylic acids is 1. The van der Waals surface area contributed by atoms with Crippen LogP contribution in [0.4, 0.5) is 4.79 Å². The van der Waals surface area contributed by atoms with E-state index in [9.17, 15) is 14.4 Å². The third-order valence-corrected chi connectivity index (χ3v) is 1.40. The monoisotopic (exact) mass is 203 g/mol. The Labute approximate surface area is 80.6 Å². The second-order valence-corrected chi connectivity index (χ2v) is 2.67. The highest BCUT2D eigenvalue weighted by atomic mass is 16.4. The van der Waals surface area contributed by atoms with Crippen molar-refractivity contribution in [3.8, 4) is 0 Å². The predicted octanol–water partition coefficient (Wildman–Crippen LogP) is -1.37. The molecule has 1 atom stereocenters. The highest BCUT2D eigenvalue weighted by Crippen LogP contribution is 1.80. The predicted molar refractivity (Wildman–Crippen MR) is 47.4 cm³/mol. The molecule has 0 aromatic heterocycles. The summed E-state index contributed by atoms with van der Waals surface area (Å²) in [7, 11) is 0. The fourth-order valence-electron chi connectivity index (χ4n) is 0.602. The molecule has 0 spiro atoms. The molecule has 0 bridgehead atoms. The molecule has 14 heavy (non-hydrogen) atoms. The molecule has 0 saturated carbocycles. The first-order valence-electron chi connectivity index (χ1n) is 3.99. The van der Waals surface area contributed by atoms with E-state index in [1.54, 1.807) is 0 Å². The van der Waals surface area contributed by atoms with Gasteiger partial charge in [-0.05, 0) is 6.92 Å². The first kappa shape index (κ1) is 12.2. The highest BCUT2D eigenvalue weighted by molar-refractivity contribution is 5.85. The first-order valence-corrected chi connectivity index (χ1v) is 3.99. The maximum atomic E-state index is 10.9. The Hall–Kier alpha value is -1.79. The molecule has 0 aromatic carbocycles. The summed E-state index contributed by atoms with van der Waals surface area (Å²) in [6.07, 6.45) is -0.168. The molecule has 7 nitrogen and oxygen atoms in total. The van der Waals surface area contributed by atoms with Gasteiger partial charge in [0.05, 0.1) is 6.42 Å². The van der Waals surface area contributed by atoms with Gasteiger partial charge in [-0.25, -0.2) is 4.79 Å². The van der Waals surface area contributed by atoms with E-state index in [-0.39, 0.29) is 13.0 Å². The lowest BCUT2D eigenvalue weighted by Gasteiger charge is -2.10. The molecule has 0 heterocycles. The molecule has 0 aliphatic heterocycles. The quantitative estimate of drug-likeness (QED) is 0.440. The minimum absolute atomic E-state index is 0.00660. The van der Waals surface area contributed by atoms with Gasteiger partial charge in [0.15, 0.2) is 0 Å². The van der Waals surface area contributed by atoms with Crippen molar-refractivity contribution in [3.63, 3.8) is 0 Å². The number of rotatable bonds is 5. The van der Waals surface area contributed by atoms with E-state index in [0.29, 0.717) is 0 Å². The van der Waals surface area contributed by atoms with Crippen LogP contribution in [0.25, 0.3) is 0 Å². The van der Waals surface area contributed by atoms with Gasteiger partial charge in [-0.15, -0.1) is 0 Å². The van der Waals surface area contributed by atoms with Crippen molar-refractivity contribution in [3.05, 3.63) is 0 Å². The van der Waals surface area contributed by atoms with E-state index in [4.69, 9.17) is 10.8 Å². The zero-order chi connectivity index (χ0) is 11.1. The molecule has 0 aromatic rings. The summed E-state index contributed by atoms with van der Waals surface area (Å²) >= 11 is 0.